The van der Waals surface area contributed by atoms with Gasteiger partial charge in [-0.05, 0) is 79.1 Å². The topological polar surface area (TPSA) is 93.7 Å². The molecule has 0 atom stereocenters. The molecule has 0 bridgehead atoms. The lowest BCUT2D eigenvalue weighted by atomic mass is 10.1. The highest BCUT2D eigenvalue weighted by molar-refractivity contribution is 7.92. The third kappa shape index (κ3) is 6.81. The van der Waals surface area contributed by atoms with Crippen molar-refractivity contribution in [3.8, 4) is 5.75 Å². The molecule has 3 rings (SSSR count). The molecule has 0 unspecified atom stereocenters. The molecule has 0 saturated carbocycles. The smallest absolute Gasteiger partial charge is 0.261 e. The van der Waals surface area contributed by atoms with E-state index in [0.29, 0.717) is 36.8 Å². The SMILES string of the molecule is COCCOc1cccc(CNC(=O)c2ccc(NS(=O)(=O)c3ccc(C)c(C)c3)cc2)c1. The summed E-state index contributed by atoms with van der Waals surface area (Å²) in [6.45, 7) is 5.08. The number of amides is 1. The van der Waals surface area contributed by atoms with E-state index in [1.54, 1.807) is 49.6 Å². The van der Waals surface area contributed by atoms with Crippen LogP contribution in [-0.2, 0) is 21.3 Å². The summed E-state index contributed by atoms with van der Waals surface area (Å²) >= 11 is 0. The van der Waals surface area contributed by atoms with E-state index in [9.17, 15) is 13.2 Å². The standard InChI is InChI=1S/C25H28N2O5S/c1-18-7-12-24(15-19(18)2)33(29,30)27-22-10-8-21(9-11-22)25(28)26-17-20-5-4-6-23(16-20)32-14-13-31-3/h4-12,15-16,27H,13-14,17H2,1-3H3,(H,26,28). The molecule has 1 amide bonds. The fourth-order valence-corrected chi connectivity index (χ4v) is 4.20. The van der Waals surface area contributed by atoms with E-state index in [4.69, 9.17) is 9.47 Å². The van der Waals surface area contributed by atoms with Crippen LogP contribution in [0, 0.1) is 13.8 Å². The predicted octanol–water partition coefficient (Wildman–Crippen LogP) is 4.06. The summed E-state index contributed by atoms with van der Waals surface area (Å²) in [5.41, 5.74) is 3.63. The third-order valence-electron chi connectivity index (χ3n) is 5.10. The minimum atomic E-state index is -3.71. The van der Waals surface area contributed by atoms with Gasteiger partial charge in [0.1, 0.15) is 12.4 Å². The maximum Gasteiger partial charge on any atom is 0.261 e. The number of sulfonamides is 1. The van der Waals surface area contributed by atoms with Crippen LogP contribution in [0.15, 0.2) is 71.6 Å². The minimum Gasteiger partial charge on any atom is -0.491 e. The highest BCUT2D eigenvalue weighted by Crippen LogP contribution is 2.19. The van der Waals surface area contributed by atoms with Gasteiger partial charge in [-0.15, -0.1) is 0 Å². The molecule has 0 aliphatic rings. The summed E-state index contributed by atoms with van der Waals surface area (Å²) in [5.74, 6) is 0.448. The van der Waals surface area contributed by atoms with Crippen LogP contribution in [0.2, 0.25) is 0 Å². The number of anilines is 1. The van der Waals surface area contributed by atoms with Crippen molar-refractivity contribution in [1.29, 1.82) is 0 Å². The van der Waals surface area contributed by atoms with Crippen molar-refractivity contribution in [2.45, 2.75) is 25.3 Å². The summed E-state index contributed by atoms with van der Waals surface area (Å²) in [5, 5.41) is 2.86. The molecule has 0 aliphatic heterocycles. The molecule has 0 spiro atoms. The van der Waals surface area contributed by atoms with Crippen molar-refractivity contribution < 1.29 is 22.7 Å². The van der Waals surface area contributed by atoms with E-state index in [1.165, 1.54) is 0 Å². The first-order valence-corrected chi connectivity index (χ1v) is 12.0. The second-order valence-corrected chi connectivity index (χ2v) is 9.28. The molecule has 2 N–H and O–H groups in total. The Morgan fingerprint density at radius 1 is 0.909 bits per heavy atom. The lowest BCUT2D eigenvalue weighted by Crippen LogP contribution is -2.22. The second kappa shape index (κ2) is 11.0. The highest BCUT2D eigenvalue weighted by Gasteiger charge is 2.15. The molecule has 3 aromatic carbocycles. The average Bonchev–Trinajstić information content (AvgIpc) is 2.80. The van der Waals surface area contributed by atoms with Gasteiger partial charge in [0, 0.05) is 24.9 Å². The van der Waals surface area contributed by atoms with Crippen molar-refractivity contribution >= 4 is 21.6 Å². The van der Waals surface area contributed by atoms with Crippen molar-refractivity contribution in [2.24, 2.45) is 0 Å². The first-order valence-electron chi connectivity index (χ1n) is 10.5. The number of rotatable bonds is 10. The largest absolute Gasteiger partial charge is 0.491 e. The first kappa shape index (κ1) is 24.3. The maximum atomic E-state index is 12.6. The van der Waals surface area contributed by atoms with Gasteiger partial charge in [-0.3, -0.25) is 9.52 Å². The number of nitrogens with one attached hydrogen (secondary N) is 2. The fraction of sp³-hybridized carbons (Fsp3) is 0.240. The Morgan fingerprint density at radius 2 is 1.67 bits per heavy atom. The van der Waals surface area contributed by atoms with E-state index in [-0.39, 0.29) is 10.8 Å². The van der Waals surface area contributed by atoms with Crippen LogP contribution in [0.1, 0.15) is 27.0 Å². The minimum absolute atomic E-state index is 0.195. The van der Waals surface area contributed by atoms with Gasteiger partial charge in [0.15, 0.2) is 0 Å². The van der Waals surface area contributed by atoms with Crippen LogP contribution in [0.4, 0.5) is 5.69 Å². The number of aryl methyl sites for hydroxylation is 2. The second-order valence-electron chi connectivity index (χ2n) is 7.60. The lowest BCUT2D eigenvalue weighted by molar-refractivity contribution is 0.0951. The predicted molar refractivity (Wildman–Crippen MR) is 128 cm³/mol. The number of methoxy groups -OCH3 is 1. The number of carbonyl (C=O) groups is 1. The Kier molecular flexibility index (Phi) is 8.08. The van der Waals surface area contributed by atoms with Gasteiger partial charge >= 0.3 is 0 Å². The molecule has 174 valence electrons. The summed E-state index contributed by atoms with van der Waals surface area (Å²) in [4.78, 5) is 12.7. The van der Waals surface area contributed by atoms with Gasteiger partial charge in [0.2, 0.25) is 0 Å². The van der Waals surface area contributed by atoms with Crippen molar-refractivity contribution in [1.82, 2.24) is 5.32 Å². The normalized spacial score (nSPS) is 11.1. The molecule has 0 aromatic heterocycles. The molecule has 7 nitrogen and oxygen atoms in total. The van der Waals surface area contributed by atoms with Crippen LogP contribution in [0.3, 0.4) is 0 Å². The monoisotopic (exact) mass is 468 g/mol. The number of carbonyl (C=O) groups excluding carboxylic acids is 1. The molecule has 0 aliphatic carbocycles. The van der Waals surface area contributed by atoms with Gasteiger partial charge in [-0.1, -0.05) is 18.2 Å². The van der Waals surface area contributed by atoms with Crippen molar-refractivity contribution in [3.63, 3.8) is 0 Å². The van der Waals surface area contributed by atoms with Gasteiger partial charge in [-0.2, -0.15) is 0 Å². The van der Waals surface area contributed by atoms with Gasteiger partial charge in [0.05, 0.1) is 11.5 Å². The van der Waals surface area contributed by atoms with E-state index in [0.717, 1.165) is 16.7 Å². The molecule has 33 heavy (non-hydrogen) atoms. The fourth-order valence-electron chi connectivity index (χ4n) is 3.06. The zero-order valence-corrected chi connectivity index (χ0v) is 19.7. The molecule has 0 fully saturated rings. The Morgan fingerprint density at radius 3 is 2.36 bits per heavy atom. The summed E-state index contributed by atoms with van der Waals surface area (Å²) < 4.78 is 38.4. The maximum absolute atomic E-state index is 12.6. The van der Waals surface area contributed by atoms with Crippen molar-refractivity contribution in [2.75, 3.05) is 25.0 Å². The summed E-state index contributed by atoms with van der Waals surface area (Å²) in [6, 6.07) is 18.7. The average molecular weight is 469 g/mol. The van der Waals surface area contributed by atoms with Gasteiger partial charge in [-0.25, -0.2) is 8.42 Å². The molecule has 0 heterocycles. The van der Waals surface area contributed by atoms with Gasteiger partial charge < -0.3 is 14.8 Å². The summed E-state index contributed by atoms with van der Waals surface area (Å²) in [7, 11) is -2.10. The Bertz CT molecular complexity index is 1210. The zero-order chi connectivity index (χ0) is 23.8. The molecule has 0 radical (unpaired) electrons. The van der Waals surface area contributed by atoms with Crippen molar-refractivity contribution in [3.05, 3.63) is 89.0 Å². The van der Waals surface area contributed by atoms with Crippen LogP contribution in [0.25, 0.3) is 0 Å². The highest BCUT2D eigenvalue weighted by atomic mass is 32.2. The number of hydrogen-bond acceptors (Lipinski definition) is 5. The number of ether oxygens (including phenoxy) is 2. The van der Waals surface area contributed by atoms with Crippen LogP contribution in [-0.4, -0.2) is 34.6 Å². The van der Waals surface area contributed by atoms with E-state index in [1.807, 2.05) is 38.1 Å². The molecular weight excluding hydrogens is 440 g/mol. The molecule has 0 saturated heterocycles. The Labute approximate surface area is 194 Å². The van der Waals surface area contributed by atoms with E-state index < -0.39 is 10.0 Å². The van der Waals surface area contributed by atoms with Crippen LogP contribution < -0.4 is 14.8 Å². The third-order valence-corrected chi connectivity index (χ3v) is 6.47. The lowest BCUT2D eigenvalue weighted by Gasteiger charge is -2.11. The van der Waals surface area contributed by atoms with Crippen LogP contribution >= 0.6 is 0 Å². The number of benzene rings is 3. The van der Waals surface area contributed by atoms with Gasteiger partial charge in [0.25, 0.3) is 15.9 Å². The summed E-state index contributed by atoms with van der Waals surface area (Å²) in [6.07, 6.45) is 0. The zero-order valence-electron chi connectivity index (χ0n) is 18.9. The Balaban J connectivity index is 1.59. The Hall–Kier alpha value is -3.36. The van der Waals surface area contributed by atoms with E-state index >= 15 is 0 Å². The molecular formula is C25H28N2O5S. The molecule has 8 heteroatoms. The van der Waals surface area contributed by atoms with Crippen LogP contribution in [0.5, 0.6) is 5.75 Å². The first-order chi connectivity index (χ1) is 15.8. The molecule has 3 aromatic rings. The number of hydrogen-bond donors (Lipinski definition) is 2. The quantitative estimate of drug-likeness (QED) is 0.438. The van der Waals surface area contributed by atoms with E-state index in [2.05, 4.69) is 10.0 Å².